The molecule has 1 aliphatic heterocycles. The molecule has 4 heteroatoms. The van der Waals surface area contributed by atoms with Crippen LogP contribution in [0.1, 0.15) is 51.4 Å². The molecular weight excluding hydrogens is 360 g/mol. The molecule has 1 unspecified atom stereocenters. The van der Waals surface area contributed by atoms with Crippen LogP contribution < -0.4 is 4.74 Å². The number of carbonyl (C=O) groups is 1. The molecule has 2 aromatic rings. The lowest BCUT2D eigenvalue weighted by atomic mass is 9.49. The predicted octanol–water partition coefficient (Wildman–Crippen LogP) is 4.82. The van der Waals surface area contributed by atoms with Crippen molar-refractivity contribution in [2.24, 2.45) is 23.2 Å². The summed E-state index contributed by atoms with van der Waals surface area (Å²) in [4.78, 5) is 19.8. The summed E-state index contributed by atoms with van der Waals surface area (Å²) in [6.45, 7) is 1.53. The summed E-state index contributed by atoms with van der Waals surface area (Å²) in [6, 6.07) is 12.1. The number of hydrogen-bond acceptors (Lipinski definition) is 3. The van der Waals surface area contributed by atoms with E-state index < -0.39 is 0 Å². The van der Waals surface area contributed by atoms with E-state index in [1.54, 1.807) is 0 Å². The van der Waals surface area contributed by atoms with Crippen molar-refractivity contribution in [3.8, 4) is 5.88 Å². The Labute approximate surface area is 172 Å². The van der Waals surface area contributed by atoms with E-state index in [1.807, 2.05) is 24.3 Å². The molecule has 5 fully saturated rings. The highest BCUT2D eigenvalue weighted by Gasteiger charge is 2.52. The van der Waals surface area contributed by atoms with Crippen molar-refractivity contribution >= 4 is 16.8 Å². The fraction of sp³-hybridized carbons (Fsp3) is 0.600. The van der Waals surface area contributed by atoms with Gasteiger partial charge in [0.2, 0.25) is 11.8 Å². The van der Waals surface area contributed by atoms with Crippen LogP contribution in [0.2, 0.25) is 0 Å². The highest BCUT2D eigenvalue weighted by atomic mass is 16.5. The summed E-state index contributed by atoms with van der Waals surface area (Å²) in [5.41, 5.74) is 1.28. The van der Waals surface area contributed by atoms with E-state index >= 15 is 0 Å². The minimum absolute atomic E-state index is 0.0592. The van der Waals surface area contributed by atoms with E-state index in [4.69, 9.17) is 4.74 Å². The zero-order valence-electron chi connectivity index (χ0n) is 17.1. The van der Waals surface area contributed by atoms with Crippen LogP contribution in [0.15, 0.2) is 36.4 Å². The first-order valence-corrected chi connectivity index (χ1v) is 11.4. The number of ether oxygens (including phenoxy) is 1. The van der Waals surface area contributed by atoms with Crippen LogP contribution in [0.3, 0.4) is 0 Å². The van der Waals surface area contributed by atoms with Crippen molar-refractivity contribution in [2.45, 2.75) is 57.5 Å². The Kier molecular flexibility index (Phi) is 4.11. The Hall–Kier alpha value is -2.10. The normalized spacial score (nSPS) is 35.4. The van der Waals surface area contributed by atoms with Gasteiger partial charge in [-0.2, -0.15) is 0 Å². The lowest BCUT2D eigenvalue weighted by Gasteiger charge is -2.56. The number of amides is 1. The summed E-state index contributed by atoms with van der Waals surface area (Å²) < 4.78 is 6.15. The van der Waals surface area contributed by atoms with Crippen molar-refractivity contribution < 1.29 is 9.53 Å². The maximum Gasteiger partial charge on any atom is 0.223 e. The van der Waals surface area contributed by atoms with Crippen molar-refractivity contribution in [2.75, 3.05) is 13.1 Å². The molecule has 4 bridgehead atoms. The zero-order valence-corrected chi connectivity index (χ0v) is 17.1. The molecule has 1 atom stereocenters. The van der Waals surface area contributed by atoms with Gasteiger partial charge in [0.05, 0.1) is 12.1 Å². The van der Waals surface area contributed by atoms with E-state index in [0.29, 0.717) is 23.7 Å². The summed E-state index contributed by atoms with van der Waals surface area (Å²) >= 11 is 0. The van der Waals surface area contributed by atoms with Crippen LogP contribution in [0.4, 0.5) is 0 Å². The van der Waals surface area contributed by atoms with Crippen LogP contribution in [-0.4, -0.2) is 35.0 Å². The number of rotatable bonds is 4. The largest absolute Gasteiger partial charge is 0.472 e. The molecule has 4 saturated carbocycles. The topological polar surface area (TPSA) is 42.4 Å². The highest BCUT2D eigenvalue weighted by Crippen LogP contribution is 2.61. The lowest BCUT2D eigenvalue weighted by molar-refractivity contribution is -0.138. The smallest absolute Gasteiger partial charge is 0.223 e. The molecule has 0 N–H and O–H groups in total. The van der Waals surface area contributed by atoms with Gasteiger partial charge in [-0.1, -0.05) is 18.2 Å². The Morgan fingerprint density at radius 2 is 1.76 bits per heavy atom. The number of hydrogen-bond donors (Lipinski definition) is 0. The molecule has 1 aromatic heterocycles. The van der Waals surface area contributed by atoms with Gasteiger partial charge in [-0.15, -0.1) is 0 Å². The van der Waals surface area contributed by atoms with Gasteiger partial charge in [0, 0.05) is 30.8 Å². The summed E-state index contributed by atoms with van der Waals surface area (Å²) in [5, 5.41) is 1.12. The third kappa shape index (κ3) is 3.31. The van der Waals surface area contributed by atoms with E-state index in [1.165, 1.54) is 38.5 Å². The first-order valence-electron chi connectivity index (χ1n) is 11.4. The van der Waals surface area contributed by atoms with Crippen LogP contribution in [0.25, 0.3) is 10.9 Å². The van der Waals surface area contributed by atoms with Gasteiger partial charge in [-0.3, -0.25) is 4.79 Å². The van der Waals surface area contributed by atoms with E-state index in [9.17, 15) is 4.79 Å². The van der Waals surface area contributed by atoms with Gasteiger partial charge in [0.25, 0.3) is 0 Å². The Balaban J connectivity index is 1.09. The van der Waals surface area contributed by atoms with Crippen molar-refractivity contribution in [3.05, 3.63) is 36.4 Å². The number of fused-ring (bicyclic) bond motifs is 1. The molecule has 1 aromatic carbocycles. The third-order valence-electron chi connectivity index (χ3n) is 8.05. The van der Waals surface area contributed by atoms with Gasteiger partial charge in [0.1, 0.15) is 6.10 Å². The number of aromatic nitrogens is 1. The maximum absolute atomic E-state index is 13.2. The average molecular weight is 391 g/mol. The van der Waals surface area contributed by atoms with Crippen molar-refractivity contribution in [1.82, 2.24) is 9.88 Å². The van der Waals surface area contributed by atoms with Crippen LogP contribution in [0, 0.1) is 23.2 Å². The van der Waals surface area contributed by atoms with Gasteiger partial charge >= 0.3 is 0 Å². The molecule has 1 amide bonds. The third-order valence-corrected chi connectivity index (χ3v) is 8.05. The molecule has 152 valence electrons. The number of benzene rings is 1. The monoisotopic (exact) mass is 390 g/mol. The van der Waals surface area contributed by atoms with Gasteiger partial charge in [-0.25, -0.2) is 4.98 Å². The second-order valence-corrected chi connectivity index (χ2v) is 10.3. The number of nitrogens with zero attached hydrogens (tertiary/aromatic N) is 2. The molecule has 4 nitrogen and oxygen atoms in total. The molecular formula is C25H30N2O2. The summed E-state index contributed by atoms with van der Waals surface area (Å²) in [6.07, 6.45) is 9.96. The Bertz CT molecular complexity index is 904. The Morgan fingerprint density at radius 1 is 1.03 bits per heavy atom. The SMILES string of the molecule is O=C(CC12CC3CC(CC(C3)C1)C2)N1CCC(Oc2ccc3ccccc3n2)C1. The number of carbonyl (C=O) groups excluding carboxylic acids is 1. The molecule has 0 spiro atoms. The second-order valence-electron chi connectivity index (χ2n) is 10.3. The van der Waals surface area contributed by atoms with Gasteiger partial charge in [-0.05, 0) is 73.8 Å². The van der Waals surface area contributed by atoms with Crippen molar-refractivity contribution in [3.63, 3.8) is 0 Å². The van der Waals surface area contributed by atoms with Crippen LogP contribution >= 0.6 is 0 Å². The quantitative estimate of drug-likeness (QED) is 0.752. The maximum atomic E-state index is 13.2. The van der Waals surface area contributed by atoms with Gasteiger partial charge < -0.3 is 9.64 Å². The highest BCUT2D eigenvalue weighted by molar-refractivity contribution is 5.79. The fourth-order valence-corrected chi connectivity index (χ4v) is 7.27. The van der Waals surface area contributed by atoms with Crippen LogP contribution in [-0.2, 0) is 4.79 Å². The molecule has 7 rings (SSSR count). The first-order chi connectivity index (χ1) is 14.1. The molecule has 2 heterocycles. The van der Waals surface area contributed by atoms with E-state index in [2.05, 4.69) is 22.0 Å². The lowest BCUT2D eigenvalue weighted by Crippen LogP contribution is -2.48. The predicted molar refractivity (Wildman–Crippen MR) is 113 cm³/mol. The minimum Gasteiger partial charge on any atom is -0.472 e. The fourth-order valence-electron chi connectivity index (χ4n) is 7.27. The molecule has 1 saturated heterocycles. The minimum atomic E-state index is 0.0592. The van der Waals surface area contributed by atoms with Crippen molar-refractivity contribution in [1.29, 1.82) is 0 Å². The Morgan fingerprint density at radius 3 is 2.52 bits per heavy atom. The van der Waals surface area contributed by atoms with E-state index in [-0.39, 0.29) is 6.10 Å². The van der Waals surface area contributed by atoms with Crippen LogP contribution in [0.5, 0.6) is 5.88 Å². The zero-order chi connectivity index (χ0) is 19.4. The average Bonchev–Trinajstić information content (AvgIpc) is 3.15. The number of para-hydroxylation sites is 1. The molecule has 29 heavy (non-hydrogen) atoms. The standard InChI is InChI=1S/C25H30N2O2/c28-24(15-25-12-17-9-18(13-25)11-19(10-17)14-25)27-8-7-21(16-27)29-23-6-5-20-3-1-2-4-22(20)26-23/h1-6,17-19,21H,7-16H2. The summed E-state index contributed by atoms with van der Waals surface area (Å²) in [5.74, 6) is 3.75. The number of pyridine rings is 1. The number of likely N-dealkylation sites (tertiary alicyclic amines) is 1. The second kappa shape index (κ2) is 6.72. The first kappa shape index (κ1) is 17.7. The molecule has 4 aliphatic carbocycles. The van der Waals surface area contributed by atoms with E-state index in [0.717, 1.165) is 48.0 Å². The van der Waals surface area contributed by atoms with Gasteiger partial charge in [0.15, 0.2) is 0 Å². The molecule has 0 radical (unpaired) electrons. The molecule has 5 aliphatic rings. The summed E-state index contributed by atoms with van der Waals surface area (Å²) in [7, 11) is 0.